The lowest BCUT2D eigenvalue weighted by Gasteiger charge is -2.26. The van der Waals surface area contributed by atoms with Crippen molar-refractivity contribution >= 4 is 12.3 Å². The molecule has 3 rings (SSSR count). The molecule has 1 saturated carbocycles. The van der Waals surface area contributed by atoms with E-state index in [0.29, 0.717) is 31.7 Å². The molecule has 0 heterocycles. The van der Waals surface area contributed by atoms with E-state index in [1.807, 2.05) is 6.07 Å². The molecule has 0 aliphatic heterocycles. The highest BCUT2D eigenvalue weighted by Gasteiger charge is 2.24. The number of hydrogen-bond donors (Lipinski definition) is 0. The van der Waals surface area contributed by atoms with Gasteiger partial charge in [-0.3, -0.25) is 0 Å². The predicted octanol–water partition coefficient (Wildman–Crippen LogP) is 4.46. The summed E-state index contributed by atoms with van der Waals surface area (Å²) in [7, 11) is 0. The molecule has 0 spiro atoms. The summed E-state index contributed by atoms with van der Waals surface area (Å²) >= 11 is 0. The largest absolute Gasteiger partial charge is 0.487 e. The van der Waals surface area contributed by atoms with E-state index in [-0.39, 0.29) is 29.9 Å². The van der Waals surface area contributed by atoms with Crippen LogP contribution in [0.2, 0.25) is 0 Å². The van der Waals surface area contributed by atoms with E-state index in [4.69, 9.17) is 9.47 Å². The number of rotatable bonds is 6. The van der Waals surface area contributed by atoms with Crippen LogP contribution in [0.4, 0.5) is 8.78 Å². The Labute approximate surface area is 156 Å². The average molecular weight is 374 g/mol. The number of benzene rings is 2. The SMILES string of the molecule is O=CC1CCC(Oc2cc(C(=O)OCc3ccccc3)c(F)cc2F)CC1. The summed E-state index contributed by atoms with van der Waals surface area (Å²) < 4.78 is 38.9. The Morgan fingerprint density at radius 3 is 2.41 bits per heavy atom. The van der Waals surface area contributed by atoms with Crippen molar-refractivity contribution in [1.29, 1.82) is 0 Å². The molecular weight excluding hydrogens is 354 g/mol. The second-order valence-electron chi connectivity index (χ2n) is 6.61. The quantitative estimate of drug-likeness (QED) is 0.553. The molecule has 0 atom stereocenters. The molecule has 1 aliphatic carbocycles. The zero-order chi connectivity index (χ0) is 19.2. The standard InChI is InChI=1S/C21H20F2O4/c22-18-11-19(23)20(27-16-8-6-14(12-24)7-9-16)10-17(18)21(25)26-13-15-4-2-1-3-5-15/h1-5,10-12,14,16H,6-9,13H2. The summed E-state index contributed by atoms with van der Waals surface area (Å²) in [6.45, 7) is -0.0115. The van der Waals surface area contributed by atoms with Gasteiger partial charge in [0, 0.05) is 18.1 Å². The molecule has 27 heavy (non-hydrogen) atoms. The van der Waals surface area contributed by atoms with E-state index in [0.717, 1.165) is 17.9 Å². The second-order valence-corrected chi connectivity index (χ2v) is 6.61. The molecule has 1 aliphatic rings. The van der Waals surface area contributed by atoms with Crippen LogP contribution in [-0.4, -0.2) is 18.4 Å². The molecule has 0 amide bonds. The van der Waals surface area contributed by atoms with Crippen LogP contribution in [0, 0.1) is 17.6 Å². The normalized spacial score (nSPS) is 19.3. The molecule has 0 N–H and O–H groups in total. The van der Waals surface area contributed by atoms with Gasteiger partial charge in [-0.2, -0.15) is 0 Å². The van der Waals surface area contributed by atoms with Crippen LogP contribution >= 0.6 is 0 Å². The van der Waals surface area contributed by atoms with Crippen LogP contribution in [0.5, 0.6) is 5.75 Å². The first kappa shape index (κ1) is 19.0. The Bertz CT molecular complexity index is 799. The average Bonchev–Trinajstić information content (AvgIpc) is 2.69. The molecule has 0 radical (unpaired) electrons. The Morgan fingerprint density at radius 2 is 1.74 bits per heavy atom. The van der Waals surface area contributed by atoms with Gasteiger partial charge in [0.15, 0.2) is 11.6 Å². The van der Waals surface area contributed by atoms with Gasteiger partial charge in [0.2, 0.25) is 0 Å². The molecule has 1 fully saturated rings. The first-order valence-electron chi connectivity index (χ1n) is 8.89. The number of halogens is 2. The molecule has 0 unspecified atom stereocenters. The van der Waals surface area contributed by atoms with Gasteiger partial charge in [0.1, 0.15) is 18.7 Å². The Hall–Kier alpha value is -2.76. The fraction of sp³-hybridized carbons (Fsp3) is 0.333. The van der Waals surface area contributed by atoms with Gasteiger partial charge in [0.05, 0.1) is 11.7 Å². The van der Waals surface area contributed by atoms with Gasteiger partial charge >= 0.3 is 5.97 Å². The number of aldehydes is 1. The first-order valence-corrected chi connectivity index (χ1v) is 8.89. The Morgan fingerprint density at radius 1 is 1.04 bits per heavy atom. The lowest BCUT2D eigenvalue weighted by Crippen LogP contribution is -2.25. The molecular formula is C21H20F2O4. The maximum atomic E-state index is 14.1. The van der Waals surface area contributed by atoms with Crippen LogP contribution in [0.1, 0.15) is 41.6 Å². The van der Waals surface area contributed by atoms with E-state index < -0.39 is 17.6 Å². The van der Waals surface area contributed by atoms with Crippen LogP contribution in [0.25, 0.3) is 0 Å². The van der Waals surface area contributed by atoms with Gasteiger partial charge in [-0.1, -0.05) is 30.3 Å². The monoisotopic (exact) mass is 374 g/mol. The Balaban J connectivity index is 1.68. The van der Waals surface area contributed by atoms with Crippen LogP contribution in [0.3, 0.4) is 0 Å². The van der Waals surface area contributed by atoms with Gasteiger partial charge in [-0.05, 0) is 31.2 Å². The summed E-state index contributed by atoms with van der Waals surface area (Å²) in [4.78, 5) is 23.0. The third-order valence-corrected chi connectivity index (χ3v) is 4.66. The molecule has 2 aromatic carbocycles. The second kappa shape index (κ2) is 8.75. The van der Waals surface area contributed by atoms with Crippen LogP contribution in [-0.2, 0) is 16.1 Å². The lowest BCUT2D eigenvalue weighted by atomic mass is 9.88. The minimum Gasteiger partial charge on any atom is -0.487 e. The van der Waals surface area contributed by atoms with Crippen LogP contribution in [0.15, 0.2) is 42.5 Å². The van der Waals surface area contributed by atoms with Gasteiger partial charge in [-0.15, -0.1) is 0 Å². The maximum absolute atomic E-state index is 14.1. The lowest BCUT2D eigenvalue weighted by molar-refractivity contribution is -0.112. The molecule has 4 nitrogen and oxygen atoms in total. The molecule has 142 valence electrons. The van der Waals surface area contributed by atoms with Crippen molar-refractivity contribution in [2.75, 3.05) is 0 Å². The summed E-state index contributed by atoms with van der Waals surface area (Å²) in [5.41, 5.74) is 0.390. The van der Waals surface area contributed by atoms with Gasteiger partial charge in [0.25, 0.3) is 0 Å². The summed E-state index contributed by atoms with van der Waals surface area (Å²) in [5.74, 6) is -2.93. The molecule has 0 aromatic heterocycles. The van der Waals surface area contributed by atoms with E-state index in [2.05, 4.69) is 0 Å². The summed E-state index contributed by atoms with van der Waals surface area (Å²) in [6, 6.07) is 10.7. The highest BCUT2D eigenvalue weighted by atomic mass is 19.1. The van der Waals surface area contributed by atoms with Crippen molar-refractivity contribution in [1.82, 2.24) is 0 Å². The minimum absolute atomic E-state index is 0.00596. The third-order valence-electron chi connectivity index (χ3n) is 4.66. The topological polar surface area (TPSA) is 52.6 Å². The van der Waals surface area contributed by atoms with Crippen molar-refractivity contribution in [3.63, 3.8) is 0 Å². The summed E-state index contributed by atoms with van der Waals surface area (Å²) in [6.07, 6.45) is 3.21. The zero-order valence-corrected chi connectivity index (χ0v) is 14.7. The molecule has 2 aromatic rings. The van der Waals surface area contributed by atoms with Crippen LogP contribution < -0.4 is 4.74 Å². The number of carbonyl (C=O) groups is 2. The molecule has 6 heteroatoms. The highest BCUT2D eigenvalue weighted by molar-refractivity contribution is 5.90. The number of esters is 1. The van der Waals surface area contributed by atoms with Gasteiger partial charge in [-0.25, -0.2) is 13.6 Å². The zero-order valence-electron chi connectivity index (χ0n) is 14.7. The van der Waals surface area contributed by atoms with Crippen molar-refractivity contribution in [2.45, 2.75) is 38.4 Å². The minimum atomic E-state index is -0.998. The first-order chi connectivity index (χ1) is 13.1. The molecule has 0 bridgehead atoms. The van der Waals surface area contributed by atoms with Crippen molar-refractivity contribution in [3.05, 3.63) is 65.2 Å². The number of carbonyl (C=O) groups excluding carboxylic acids is 2. The third kappa shape index (κ3) is 4.90. The highest BCUT2D eigenvalue weighted by Crippen LogP contribution is 2.29. The van der Waals surface area contributed by atoms with Crippen molar-refractivity contribution in [2.24, 2.45) is 5.92 Å². The predicted molar refractivity (Wildman–Crippen MR) is 94.4 cm³/mol. The smallest absolute Gasteiger partial charge is 0.341 e. The number of ether oxygens (including phenoxy) is 2. The van der Waals surface area contributed by atoms with Gasteiger partial charge < -0.3 is 14.3 Å². The van der Waals surface area contributed by atoms with E-state index in [1.165, 1.54) is 0 Å². The summed E-state index contributed by atoms with van der Waals surface area (Å²) in [5, 5.41) is 0. The van der Waals surface area contributed by atoms with Crippen molar-refractivity contribution in [3.8, 4) is 5.75 Å². The van der Waals surface area contributed by atoms with E-state index in [1.54, 1.807) is 24.3 Å². The van der Waals surface area contributed by atoms with Crippen molar-refractivity contribution < 1.29 is 27.8 Å². The van der Waals surface area contributed by atoms with E-state index in [9.17, 15) is 18.4 Å². The Kier molecular flexibility index (Phi) is 6.16. The fourth-order valence-corrected chi connectivity index (χ4v) is 3.10. The fourth-order valence-electron chi connectivity index (χ4n) is 3.10. The van der Waals surface area contributed by atoms with E-state index >= 15 is 0 Å². The molecule has 0 saturated heterocycles. The number of hydrogen-bond acceptors (Lipinski definition) is 4. The maximum Gasteiger partial charge on any atom is 0.341 e.